The van der Waals surface area contributed by atoms with Gasteiger partial charge in [-0.2, -0.15) is 0 Å². The van der Waals surface area contributed by atoms with Crippen molar-refractivity contribution < 1.29 is 39.8 Å². The average Bonchev–Trinajstić information content (AvgIpc) is 3.01. The minimum absolute atomic E-state index is 0. The predicted molar refractivity (Wildman–Crippen MR) is 155 cm³/mol. The molecule has 2 N–H and O–H groups in total. The van der Waals surface area contributed by atoms with E-state index < -0.39 is 0 Å². The molecule has 0 aliphatic rings. The van der Waals surface area contributed by atoms with Gasteiger partial charge in [0, 0.05) is 44.8 Å². The molecule has 207 valence electrons. The first kappa shape index (κ1) is 29.2. The molecular weight excluding hydrogens is 695 g/mol. The smallest absolute Gasteiger partial charge is 0.143 e. The molecule has 0 aliphatic heterocycles. The normalized spacial score (nSPS) is 10.2. The fourth-order valence-corrected chi connectivity index (χ4v) is 4.25. The van der Waals surface area contributed by atoms with Crippen molar-refractivity contribution in [2.45, 2.75) is 0 Å². The average molecular weight is 721 g/mol. The van der Waals surface area contributed by atoms with Crippen LogP contribution in [0.5, 0.6) is 23.0 Å². The molecule has 6 rings (SSSR count). The zero-order valence-corrected chi connectivity index (χ0v) is 24.7. The number of methoxy groups -OCH3 is 2. The number of ether oxygens (including phenoxy) is 2. The molecule has 0 aliphatic carbocycles. The standard InChI is InChI=1S/C23H18NO2.C10H8N2O2.Ir/c1-25-20-13-19(14-21(15-20)26-2)17-7-5-8-18(12-17)23-22-9-4-3-6-16(22)10-11-24-23;13-7-3-1-5-11-9(7)10-8(14)4-2-6-12-10;/h3-7,9-15H,1-2H3;1-6,13-14H;/q-1;;. The van der Waals surface area contributed by atoms with Crippen LogP contribution >= 0.6 is 0 Å². The van der Waals surface area contributed by atoms with Crippen molar-refractivity contribution in [3.63, 3.8) is 0 Å². The zero-order valence-electron chi connectivity index (χ0n) is 22.3. The molecule has 0 amide bonds. The van der Waals surface area contributed by atoms with Gasteiger partial charge in [-0.1, -0.05) is 24.3 Å². The summed E-state index contributed by atoms with van der Waals surface area (Å²) >= 11 is 0. The Bertz CT molecular complexity index is 1710. The summed E-state index contributed by atoms with van der Waals surface area (Å²) in [5.41, 5.74) is 4.54. The van der Waals surface area contributed by atoms with Crippen molar-refractivity contribution in [2.75, 3.05) is 14.2 Å². The number of aromatic hydroxyl groups is 2. The maximum absolute atomic E-state index is 9.47. The molecule has 3 aromatic carbocycles. The number of rotatable bonds is 5. The van der Waals surface area contributed by atoms with Crippen LogP contribution < -0.4 is 9.47 Å². The second kappa shape index (κ2) is 13.5. The number of hydrogen-bond donors (Lipinski definition) is 2. The van der Waals surface area contributed by atoms with Gasteiger partial charge in [0.05, 0.1) is 14.2 Å². The van der Waals surface area contributed by atoms with E-state index in [1.807, 2.05) is 54.7 Å². The van der Waals surface area contributed by atoms with Crippen LogP contribution in [0.25, 0.3) is 44.5 Å². The van der Waals surface area contributed by atoms with E-state index in [1.54, 1.807) is 26.4 Å². The van der Waals surface area contributed by atoms with Gasteiger partial charge < -0.3 is 24.7 Å². The molecule has 41 heavy (non-hydrogen) atoms. The number of fused-ring (bicyclic) bond motifs is 1. The van der Waals surface area contributed by atoms with Gasteiger partial charge in [-0.25, -0.2) is 0 Å². The van der Waals surface area contributed by atoms with E-state index in [2.05, 4.69) is 39.2 Å². The molecule has 3 aromatic heterocycles. The summed E-state index contributed by atoms with van der Waals surface area (Å²) in [5.74, 6) is 1.53. The molecule has 0 spiro atoms. The van der Waals surface area contributed by atoms with Gasteiger partial charge in [-0.3, -0.25) is 9.97 Å². The van der Waals surface area contributed by atoms with Crippen LogP contribution in [-0.2, 0) is 20.1 Å². The molecule has 6 aromatic rings. The third-order valence-electron chi connectivity index (χ3n) is 6.21. The third-order valence-corrected chi connectivity index (χ3v) is 6.21. The molecular formula is C33H26IrN3O4-. The summed E-state index contributed by atoms with van der Waals surface area (Å²) in [4.78, 5) is 12.5. The molecule has 8 heteroatoms. The van der Waals surface area contributed by atoms with Crippen molar-refractivity contribution in [3.8, 4) is 56.8 Å². The Morgan fingerprint density at radius 1 is 0.610 bits per heavy atom. The van der Waals surface area contributed by atoms with E-state index in [0.717, 1.165) is 39.3 Å². The molecule has 1 radical (unpaired) electrons. The number of hydrogen-bond acceptors (Lipinski definition) is 7. The number of benzene rings is 3. The van der Waals surface area contributed by atoms with E-state index in [-0.39, 0.29) is 43.0 Å². The van der Waals surface area contributed by atoms with Gasteiger partial charge >= 0.3 is 0 Å². The van der Waals surface area contributed by atoms with Crippen molar-refractivity contribution in [2.24, 2.45) is 0 Å². The van der Waals surface area contributed by atoms with Crippen LogP contribution in [0, 0.1) is 6.07 Å². The minimum atomic E-state index is 0. The van der Waals surface area contributed by atoms with E-state index in [9.17, 15) is 10.2 Å². The first-order valence-corrected chi connectivity index (χ1v) is 12.4. The summed E-state index contributed by atoms with van der Waals surface area (Å²) in [6.07, 6.45) is 4.90. The number of nitrogens with zero attached hydrogens (tertiary/aromatic N) is 3. The van der Waals surface area contributed by atoms with Crippen molar-refractivity contribution in [3.05, 3.63) is 116 Å². The van der Waals surface area contributed by atoms with Gasteiger partial charge in [0.2, 0.25) is 0 Å². The number of pyridine rings is 3. The first-order valence-electron chi connectivity index (χ1n) is 12.4. The second-order valence-corrected chi connectivity index (χ2v) is 8.72. The first-order chi connectivity index (χ1) is 19.6. The Balaban J connectivity index is 0.000000219. The molecule has 0 bridgehead atoms. The monoisotopic (exact) mass is 721 g/mol. The van der Waals surface area contributed by atoms with Gasteiger partial charge in [-0.05, 0) is 64.5 Å². The van der Waals surface area contributed by atoms with Crippen LogP contribution in [0.1, 0.15) is 0 Å². The molecule has 0 saturated heterocycles. The van der Waals surface area contributed by atoms with E-state index in [0.29, 0.717) is 0 Å². The Kier molecular flexibility index (Phi) is 9.64. The molecule has 7 nitrogen and oxygen atoms in total. The molecule has 0 atom stereocenters. The summed E-state index contributed by atoms with van der Waals surface area (Å²) in [7, 11) is 3.31. The second-order valence-electron chi connectivity index (χ2n) is 8.72. The van der Waals surface area contributed by atoms with Gasteiger partial charge in [0.1, 0.15) is 34.4 Å². The quantitative estimate of drug-likeness (QED) is 0.186. The van der Waals surface area contributed by atoms with E-state index >= 15 is 0 Å². The Morgan fingerprint density at radius 2 is 1.22 bits per heavy atom. The maximum Gasteiger partial charge on any atom is 0.143 e. The number of aromatic nitrogens is 3. The van der Waals surface area contributed by atoms with Crippen LogP contribution in [0.3, 0.4) is 0 Å². The Labute approximate surface area is 251 Å². The summed E-state index contributed by atoms with van der Waals surface area (Å²) in [5, 5.41) is 21.2. The SMILES string of the molecule is COc1cc(OC)cc(-c2cc[c-]c(-c3nccc4ccccc34)c2)c1.Oc1cccnc1-c1ncccc1O.[Ir]. The van der Waals surface area contributed by atoms with Crippen LogP contribution in [0.4, 0.5) is 0 Å². The topological polar surface area (TPSA) is 97.6 Å². The predicted octanol–water partition coefficient (Wildman–Crippen LogP) is 6.94. The van der Waals surface area contributed by atoms with E-state index in [4.69, 9.17) is 9.47 Å². The molecule has 0 unspecified atom stereocenters. The van der Waals surface area contributed by atoms with Crippen LogP contribution in [0.15, 0.2) is 110 Å². The maximum atomic E-state index is 9.47. The summed E-state index contributed by atoms with van der Waals surface area (Å²) in [6, 6.07) is 31.7. The Hall–Kier alpha value is -4.78. The zero-order chi connectivity index (χ0) is 27.9. The van der Waals surface area contributed by atoms with Crippen LogP contribution in [0.2, 0.25) is 0 Å². The molecule has 3 heterocycles. The minimum Gasteiger partial charge on any atom is -0.506 e. The van der Waals surface area contributed by atoms with Gasteiger partial charge in [0.15, 0.2) is 0 Å². The van der Waals surface area contributed by atoms with Crippen LogP contribution in [-0.4, -0.2) is 39.4 Å². The Morgan fingerprint density at radius 3 is 1.83 bits per heavy atom. The van der Waals surface area contributed by atoms with Gasteiger partial charge in [-0.15, -0.1) is 35.4 Å². The summed E-state index contributed by atoms with van der Waals surface area (Å²) in [6.45, 7) is 0. The molecule has 0 saturated carbocycles. The van der Waals surface area contributed by atoms with Crippen molar-refractivity contribution in [1.82, 2.24) is 15.0 Å². The van der Waals surface area contributed by atoms with E-state index in [1.165, 1.54) is 29.9 Å². The largest absolute Gasteiger partial charge is 0.506 e. The summed E-state index contributed by atoms with van der Waals surface area (Å²) < 4.78 is 10.8. The fourth-order valence-electron chi connectivity index (χ4n) is 4.25. The third kappa shape index (κ3) is 6.69. The van der Waals surface area contributed by atoms with Crippen molar-refractivity contribution in [1.29, 1.82) is 0 Å². The van der Waals surface area contributed by atoms with Crippen molar-refractivity contribution >= 4 is 10.8 Å². The fraction of sp³-hybridized carbons (Fsp3) is 0.0606. The van der Waals surface area contributed by atoms with Gasteiger partial charge in [0.25, 0.3) is 0 Å². The molecule has 0 fully saturated rings.